The van der Waals surface area contributed by atoms with E-state index < -0.39 is 12.8 Å². The summed E-state index contributed by atoms with van der Waals surface area (Å²) in [5.41, 5.74) is 2.04. The first-order valence-electron chi connectivity index (χ1n) is 10.3. The van der Waals surface area contributed by atoms with Crippen molar-refractivity contribution in [1.29, 1.82) is 0 Å². The minimum Gasteiger partial charge on any atom is -0.484 e. The number of aliphatic imine (C=N–C) groups is 1. The summed E-state index contributed by atoms with van der Waals surface area (Å²) in [7, 11) is 0. The van der Waals surface area contributed by atoms with Crippen LogP contribution in [0, 0.1) is 0 Å². The number of hydrogen-bond donors (Lipinski definition) is 2. The number of guanidine groups is 1. The van der Waals surface area contributed by atoms with Gasteiger partial charge in [0.25, 0.3) is 0 Å². The van der Waals surface area contributed by atoms with Gasteiger partial charge in [0.15, 0.2) is 12.6 Å². The summed E-state index contributed by atoms with van der Waals surface area (Å²) in [6.45, 7) is 2.95. The monoisotopic (exact) mass is 573 g/mol. The fourth-order valence-corrected chi connectivity index (χ4v) is 2.96. The van der Waals surface area contributed by atoms with Crippen molar-refractivity contribution in [2.75, 3.05) is 13.2 Å². The molecule has 3 aromatic rings. The summed E-state index contributed by atoms with van der Waals surface area (Å²) in [5.74, 6) is 1.68. The molecule has 2 aromatic carbocycles. The minimum absolute atomic E-state index is 0. The third-order valence-corrected chi connectivity index (χ3v) is 4.50. The Morgan fingerprint density at radius 2 is 1.76 bits per heavy atom. The van der Waals surface area contributed by atoms with Crippen LogP contribution >= 0.6 is 24.0 Å². The molecule has 1 heterocycles. The molecule has 0 fully saturated rings. The lowest BCUT2D eigenvalue weighted by Gasteiger charge is -2.13. The molecule has 1 aromatic heterocycles. The molecule has 3 rings (SSSR count). The second kappa shape index (κ2) is 13.1. The number of hydrogen-bond acceptors (Lipinski definition) is 3. The number of alkyl halides is 3. The van der Waals surface area contributed by atoms with Crippen LogP contribution in [0.2, 0.25) is 0 Å². The van der Waals surface area contributed by atoms with Crippen molar-refractivity contribution in [3.05, 3.63) is 83.9 Å². The lowest BCUT2D eigenvalue weighted by Crippen LogP contribution is -2.37. The molecule has 0 atom stereocenters. The summed E-state index contributed by atoms with van der Waals surface area (Å²) in [5, 5.41) is 6.46. The van der Waals surface area contributed by atoms with Gasteiger partial charge in [0, 0.05) is 25.5 Å². The molecule has 6 nitrogen and oxygen atoms in total. The van der Waals surface area contributed by atoms with Crippen LogP contribution in [0.4, 0.5) is 13.2 Å². The Labute approximate surface area is 208 Å². The predicted molar refractivity (Wildman–Crippen MR) is 133 cm³/mol. The molecule has 33 heavy (non-hydrogen) atoms. The Bertz CT molecular complexity index is 991. The second-order valence-corrected chi connectivity index (χ2v) is 7.05. The van der Waals surface area contributed by atoms with Crippen molar-refractivity contribution >= 4 is 29.9 Å². The molecule has 2 N–H and O–H groups in total. The van der Waals surface area contributed by atoms with Crippen LogP contribution in [-0.4, -0.2) is 34.8 Å². The van der Waals surface area contributed by atoms with E-state index >= 15 is 0 Å². The molecule has 0 amide bonds. The fourth-order valence-electron chi connectivity index (χ4n) is 2.96. The summed E-state index contributed by atoms with van der Waals surface area (Å²) in [6, 6.07) is 16.6. The van der Waals surface area contributed by atoms with Crippen molar-refractivity contribution in [2.45, 2.75) is 32.7 Å². The van der Waals surface area contributed by atoms with Crippen LogP contribution < -0.4 is 15.4 Å². The molecule has 0 aliphatic rings. The molecule has 0 radical (unpaired) electrons. The van der Waals surface area contributed by atoms with Crippen molar-refractivity contribution in [1.82, 2.24) is 20.2 Å². The molecular formula is C23H27F3IN5O. The SMILES string of the molecule is CCNC(=NCc1ccc(OCC(F)(F)F)cc1)NCc1nccn1Cc1ccccc1.I. The van der Waals surface area contributed by atoms with E-state index in [1.165, 1.54) is 17.7 Å². The number of nitrogens with one attached hydrogen (secondary N) is 2. The van der Waals surface area contributed by atoms with E-state index in [9.17, 15) is 13.2 Å². The first kappa shape index (κ1) is 26.5. The third-order valence-electron chi connectivity index (χ3n) is 4.50. The van der Waals surface area contributed by atoms with E-state index in [2.05, 4.69) is 37.3 Å². The molecule has 0 aliphatic heterocycles. The van der Waals surface area contributed by atoms with E-state index in [0.29, 0.717) is 25.6 Å². The zero-order valence-corrected chi connectivity index (χ0v) is 20.5. The van der Waals surface area contributed by atoms with Gasteiger partial charge in [-0.15, -0.1) is 24.0 Å². The molecule has 0 saturated carbocycles. The number of halogens is 4. The maximum Gasteiger partial charge on any atom is 0.422 e. The molecule has 0 saturated heterocycles. The smallest absolute Gasteiger partial charge is 0.422 e. The first-order chi connectivity index (χ1) is 15.4. The second-order valence-electron chi connectivity index (χ2n) is 7.05. The van der Waals surface area contributed by atoms with Crippen LogP contribution in [0.3, 0.4) is 0 Å². The molecule has 0 aliphatic carbocycles. The standard InChI is InChI=1S/C23H26F3N5O.HI/c1-2-27-22(29-14-18-8-10-20(11-9-18)32-17-23(24,25)26)30-15-21-28-12-13-31(21)16-19-6-4-3-5-7-19;/h3-13H,2,14-17H2,1H3,(H2,27,29,30);1H. The van der Waals surface area contributed by atoms with E-state index in [0.717, 1.165) is 17.9 Å². The lowest BCUT2D eigenvalue weighted by molar-refractivity contribution is -0.153. The van der Waals surface area contributed by atoms with Gasteiger partial charge in [-0.1, -0.05) is 42.5 Å². The Hall–Kier alpha value is -2.76. The Morgan fingerprint density at radius 1 is 1.03 bits per heavy atom. The van der Waals surface area contributed by atoms with Crippen LogP contribution in [-0.2, 0) is 19.6 Å². The Morgan fingerprint density at radius 3 is 2.42 bits per heavy atom. The van der Waals surface area contributed by atoms with Gasteiger partial charge < -0.3 is 19.9 Å². The highest BCUT2D eigenvalue weighted by atomic mass is 127. The predicted octanol–water partition coefficient (Wildman–Crippen LogP) is 4.75. The first-order valence-corrected chi connectivity index (χ1v) is 10.3. The van der Waals surface area contributed by atoms with E-state index in [-0.39, 0.29) is 29.7 Å². The van der Waals surface area contributed by atoms with Crippen LogP contribution in [0.5, 0.6) is 5.75 Å². The molecular weight excluding hydrogens is 546 g/mol. The molecule has 0 bridgehead atoms. The maximum absolute atomic E-state index is 12.2. The number of ether oxygens (including phenoxy) is 1. The number of benzene rings is 2. The topological polar surface area (TPSA) is 63.5 Å². The van der Waals surface area contributed by atoms with Crippen molar-refractivity contribution in [3.63, 3.8) is 0 Å². The quantitative estimate of drug-likeness (QED) is 0.221. The van der Waals surface area contributed by atoms with Gasteiger partial charge in [-0.05, 0) is 30.2 Å². The normalized spacial score (nSPS) is 11.6. The largest absolute Gasteiger partial charge is 0.484 e. The van der Waals surface area contributed by atoms with Crippen molar-refractivity contribution in [3.8, 4) is 5.75 Å². The summed E-state index contributed by atoms with van der Waals surface area (Å²) < 4.78 is 43.5. The highest BCUT2D eigenvalue weighted by Gasteiger charge is 2.28. The van der Waals surface area contributed by atoms with Gasteiger partial charge >= 0.3 is 6.18 Å². The Balaban J connectivity index is 0.00000385. The molecule has 178 valence electrons. The zero-order valence-electron chi connectivity index (χ0n) is 18.2. The fraction of sp³-hybridized carbons (Fsp3) is 0.304. The Kier molecular flexibility index (Phi) is 10.5. The van der Waals surface area contributed by atoms with Crippen LogP contribution in [0.15, 0.2) is 72.0 Å². The third kappa shape index (κ3) is 9.32. The zero-order chi connectivity index (χ0) is 22.8. The number of rotatable bonds is 9. The average Bonchev–Trinajstić information content (AvgIpc) is 3.22. The van der Waals surface area contributed by atoms with E-state index in [4.69, 9.17) is 4.74 Å². The summed E-state index contributed by atoms with van der Waals surface area (Å²) >= 11 is 0. The average molecular weight is 573 g/mol. The van der Waals surface area contributed by atoms with Gasteiger partial charge in [0.1, 0.15) is 11.6 Å². The maximum atomic E-state index is 12.2. The van der Waals surface area contributed by atoms with Gasteiger partial charge in [0.05, 0.1) is 13.1 Å². The lowest BCUT2D eigenvalue weighted by atomic mass is 10.2. The van der Waals surface area contributed by atoms with Gasteiger partial charge in [-0.3, -0.25) is 0 Å². The van der Waals surface area contributed by atoms with Gasteiger partial charge in [-0.2, -0.15) is 13.2 Å². The van der Waals surface area contributed by atoms with Crippen molar-refractivity contribution in [2.24, 2.45) is 4.99 Å². The molecule has 0 unspecified atom stereocenters. The van der Waals surface area contributed by atoms with Crippen LogP contribution in [0.25, 0.3) is 0 Å². The summed E-state index contributed by atoms with van der Waals surface area (Å²) in [6.07, 6.45) is -0.645. The number of aromatic nitrogens is 2. The van der Waals surface area contributed by atoms with E-state index in [1.54, 1.807) is 18.3 Å². The number of imidazole rings is 1. The number of nitrogens with zero attached hydrogens (tertiary/aromatic N) is 3. The van der Waals surface area contributed by atoms with Gasteiger partial charge in [-0.25, -0.2) is 9.98 Å². The van der Waals surface area contributed by atoms with Crippen molar-refractivity contribution < 1.29 is 17.9 Å². The molecule has 0 spiro atoms. The van der Waals surface area contributed by atoms with E-state index in [1.807, 2.05) is 31.3 Å². The minimum atomic E-state index is -4.36. The molecule has 10 heteroatoms. The van der Waals surface area contributed by atoms with Crippen LogP contribution in [0.1, 0.15) is 23.9 Å². The summed E-state index contributed by atoms with van der Waals surface area (Å²) in [4.78, 5) is 8.98. The highest BCUT2D eigenvalue weighted by molar-refractivity contribution is 14.0. The van der Waals surface area contributed by atoms with Gasteiger partial charge in [0.2, 0.25) is 0 Å². The highest BCUT2D eigenvalue weighted by Crippen LogP contribution is 2.19.